The highest BCUT2D eigenvalue weighted by Crippen LogP contribution is 2.49. The summed E-state index contributed by atoms with van der Waals surface area (Å²) in [5.41, 5.74) is 16.5. The zero-order valence-electron chi connectivity index (χ0n) is 28.1. The van der Waals surface area contributed by atoms with Crippen LogP contribution in [0, 0.1) is 0 Å². The minimum atomic E-state index is 0.0507. The predicted molar refractivity (Wildman–Crippen MR) is 224 cm³/mol. The van der Waals surface area contributed by atoms with Crippen LogP contribution >= 0.6 is 11.3 Å². The molecular formula is C48H29BN2S. The minimum absolute atomic E-state index is 0.0507. The van der Waals surface area contributed by atoms with Crippen molar-refractivity contribution in [2.75, 3.05) is 4.90 Å². The molecule has 8 aromatic carbocycles. The molecule has 0 aliphatic carbocycles. The van der Waals surface area contributed by atoms with Crippen LogP contribution in [0.25, 0.3) is 69.9 Å². The van der Waals surface area contributed by atoms with E-state index >= 15 is 0 Å². The number of thiophene rings is 1. The molecular weight excluding hydrogens is 647 g/mol. The molecule has 2 aliphatic rings. The van der Waals surface area contributed by atoms with E-state index in [2.05, 4.69) is 185 Å². The summed E-state index contributed by atoms with van der Waals surface area (Å²) in [6, 6.07) is 65.3. The van der Waals surface area contributed by atoms with Crippen molar-refractivity contribution in [2.24, 2.45) is 0 Å². The van der Waals surface area contributed by atoms with Gasteiger partial charge in [0.15, 0.2) is 0 Å². The first-order chi connectivity index (χ1) is 25.8. The molecule has 0 N–H and O–H groups in total. The summed E-state index contributed by atoms with van der Waals surface area (Å²) in [6.45, 7) is 0.0507. The van der Waals surface area contributed by atoms with Crippen LogP contribution in [0.2, 0.25) is 0 Å². The highest BCUT2D eigenvalue weighted by atomic mass is 32.1. The highest BCUT2D eigenvalue weighted by molar-refractivity contribution is 7.25. The van der Waals surface area contributed by atoms with Gasteiger partial charge in [-0.1, -0.05) is 133 Å². The number of anilines is 3. The number of benzene rings is 8. The molecule has 12 rings (SSSR count). The lowest BCUT2D eigenvalue weighted by Gasteiger charge is -2.42. The average molecular weight is 677 g/mol. The first-order valence-corrected chi connectivity index (χ1v) is 18.8. The smallest absolute Gasteiger partial charge is 0.252 e. The van der Waals surface area contributed by atoms with E-state index in [-0.39, 0.29) is 6.71 Å². The van der Waals surface area contributed by atoms with Crippen molar-refractivity contribution in [3.8, 4) is 27.9 Å². The lowest BCUT2D eigenvalue weighted by Crippen LogP contribution is -2.60. The quantitative estimate of drug-likeness (QED) is 0.169. The zero-order valence-corrected chi connectivity index (χ0v) is 28.9. The Hall–Kier alpha value is -6.36. The molecule has 4 heteroatoms. The van der Waals surface area contributed by atoms with Gasteiger partial charge in [-0.25, -0.2) is 0 Å². The maximum Gasteiger partial charge on any atom is 0.252 e. The van der Waals surface area contributed by atoms with Crippen LogP contribution in [0.4, 0.5) is 17.1 Å². The summed E-state index contributed by atoms with van der Waals surface area (Å²) in [4.78, 5) is 2.53. The van der Waals surface area contributed by atoms with Crippen molar-refractivity contribution in [3.63, 3.8) is 0 Å². The molecule has 0 bridgehead atoms. The number of fused-ring (bicyclic) bond motifs is 10. The zero-order chi connectivity index (χ0) is 33.9. The number of nitrogens with zero attached hydrogens (tertiary/aromatic N) is 2. The van der Waals surface area contributed by atoms with Gasteiger partial charge in [-0.3, -0.25) is 0 Å². The van der Waals surface area contributed by atoms with Gasteiger partial charge in [0.1, 0.15) is 0 Å². The van der Waals surface area contributed by atoms with Gasteiger partial charge < -0.3 is 9.47 Å². The van der Waals surface area contributed by atoms with Crippen LogP contribution in [0.1, 0.15) is 0 Å². The van der Waals surface area contributed by atoms with Crippen molar-refractivity contribution in [1.82, 2.24) is 4.57 Å². The van der Waals surface area contributed by atoms with Gasteiger partial charge in [0.2, 0.25) is 0 Å². The number of rotatable bonds is 3. The van der Waals surface area contributed by atoms with E-state index in [9.17, 15) is 0 Å². The number of hydrogen-bond acceptors (Lipinski definition) is 2. The molecule has 0 unspecified atom stereocenters. The molecule has 240 valence electrons. The van der Waals surface area contributed by atoms with Crippen LogP contribution in [-0.4, -0.2) is 11.3 Å². The molecule has 0 saturated heterocycles. The Morgan fingerprint density at radius 1 is 0.442 bits per heavy atom. The largest absolute Gasteiger partial charge is 0.311 e. The van der Waals surface area contributed by atoms with E-state index in [4.69, 9.17) is 0 Å². The Balaban J connectivity index is 1.33. The van der Waals surface area contributed by atoms with E-state index in [1.807, 2.05) is 11.3 Å². The molecule has 2 aromatic heterocycles. The Morgan fingerprint density at radius 3 is 1.87 bits per heavy atom. The lowest BCUT2D eigenvalue weighted by atomic mass is 9.33. The predicted octanol–water partition coefficient (Wildman–Crippen LogP) is 11.1. The van der Waals surface area contributed by atoms with Crippen molar-refractivity contribution in [1.29, 1.82) is 0 Å². The summed E-state index contributed by atoms with van der Waals surface area (Å²) in [6.07, 6.45) is 0. The van der Waals surface area contributed by atoms with Crippen LogP contribution in [-0.2, 0) is 0 Å². The molecule has 4 heterocycles. The highest BCUT2D eigenvalue weighted by Gasteiger charge is 2.44. The van der Waals surface area contributed by atoms with Crippen LogP contribution < -0.4 is 21.3 Å². The van der Waals surface area contributed by atoms with Gasteiger partial charge in [0.05, 0.1) is 16.9 Å². The Bertz CT molecular complexity index is 3070. The van der Waals surface area contributed by atoms with E-state index in [0.717, 1.165) is 5.69 Å². The lowest BCUT2D eigenvalue weighted by molar-refractivity contribution is 1.18. The second-order valence-electron chi connectivity index (χ2n) is 14.0. The Morgan fingerprint density at radius 2 is 1.08 bits per heavy atom. The molecule has 0 amide bonds. The second kappa shape index (κ2) is 10.6. The van der Waals surface area contributed by atoms with Crippen molar-refractivity contribution in [2.45, 2.75) is 0 Å². The van der Waals surface area contributed by atoms with Gasteiger partial charge in [-0.2, -0.15) is 0 Å². The first kappa shape index (κ1) is 28.4. The third-order valence-corrected chi connectivity index (χ3v) is 12.5. The molecule has 0 atom stereocenters. The van der Waals surface area contributed by atoms with Crippen LogP contribution in [0.15, 0.2) is 176 Å². The summed E-state index contributed by atoms with van der Waals surface area (Å²) in [7, 11) is 0. The maximum absolute atomic E-state index is 2.63. The molecule has 0 fully saturated rings. The first-order valence-electron chi connectivity index (χ1n) is 18.0. The fourth-order valence-electron chi connectivity index (χ4n) is 9.27. The fraction of sp³-hybridized carbons (Fsp3) is 0. The fourth-order valence-corrected chi connectivity index (χ4v) is 10.4. The Kier molecular flexibility index (Phi) is 5.77. The molecule has 0 spiro atoms. The molecule has 52 heavy (non-hydrogen) atoms. The summed E-state index contributed by atoms with van der Waals surface area (Å²) < 4.78 is 5.30. The summed E-state index contributed by atoms with van der Waals surface area (Å²) in [5.74, 6) is 0. The van der Waals surface area contributed by atoms with Gasteiger partial charge in [0, 0.05) is 59.0 Å². The monoisotopic (exact) mass is 676 g/mol. The summed E-state index contributed by atoms with van der Waals surface area (Å²) >= 11 is 1.90. The molecule has 2 aliphatic heterocycles. The molecule has 0 saturated carbocycles. The average Bonchev–Trinajstić information content (AvgIpc) is 3.74. The number of aromatic nitrogens is 1. The normalized spacial score (nSPS) is 12.9. The third-order valence-electron chi connectivity index (χ3n) is 11.3. The van der Waals surface area contributed by atoms with Crippen LogP contribution in [0.3, 0.4) is 0 Å². The minimum Gasteiger partial charge on any atom is -0.311 e. The third kappa shape index (κ3) is 3.74. The van der Waals surface area contributed by atoms with Crippen molar-refractivity contribution >= 4 is 93.5 Å². The summed E-state index contributed by atoms with van der Waals surface area (Å²) in [5, 5.41) is 5.27. The van der Waals surface area contributed by atoms with E-state index < -0.39 is 0 Å². The van der Waals surface area contributed by atoms with E-state index in [0.29, 0.717) is 0 Å². The van der Waals surface area contributed by atoms with Crippen LogP contribution in [0.5, 0.6) is 0 Å². The topological polar surface area (TPSA) is 8.17 Å². The van der Waals surface area contributed by atoms with E-state index in [1.54, 1.807) is 0 Å². The van der Waals surface area contributed by atoms with Gasteiger partial charge in [-0.05, 0) is 70.0 Å². The van der Waals surface area contributed by atoms with E-state index in [1.165, 1.54) is 97.7 Å². The maximum atomic E-state index is 2.63. The number of para-hydroxylation sites is 3. The SMILES string of the molecule is c1ccc(-c2cc(-c3ccccc3)c3c4c2N(c2ccccc2)c2ccccc2B4c2cccc4c5cc6sc7ccccc7c6cc5n-3c24)cc1. The molecule has 10 aromatic rings. The van der Waals surface area contributed by atoms with Gasteiger partial charge in [0.25, 0.3) is 6.71 Å². The van der Waals surface area contributed by atoms with Crippen molar-refractivity contribution < 1.29 is 0 Å². The van der Waals surface area contributed by atoms with Crippen molar-refractivity contribution in [3.05, 3.63) is 176 Å². The van der Waals surface area contributed by atoms with Gasteiger partial charge >= 0.3 is 0 Å². The molecule has 2 nitrogen and oxygen atoms in total. The number of hydrogen-bond donors (Lipinski definition) is 0. The van der Waals surface area contributed by atoms with Gasteiger partial charge in [-0.15, -0.1) is 11.3 Å². The molecule has 0 radical (unpaired) electrons. The standard InChI is InChI=1S/C48H29BN2S/c1-4-15-30(16-5-1)35-27-36(31-17-6-2-7-18-31)48-45-47(35)50(32-19-8-3-9-20-32)41-25-12-11-23-39(41)49(45)40-24-14-22-34-37-29-44-38(28-42(37)51(48)46(34)40)33-21-10-13-26-43(33)52-44/h1-29H. The second-order valence-corrected chi connectivity index (χ2v) is 15.1. The Labute approximate surface area is 305 Å².